The standard InChI is InChI=1S/C25H29N3O5S/c1-15(19-11-7-9-17-8-5-6-10-20(17)19)26-16(2)24(33)28-14-34-25(3,4)22(28)23(32)27-18(13-29)12-21(30)31/h5-11,13,16,18,22,26H,1,12,14H2,2-4H3,(H,27,32)(H,30,31)/t16-,18-,22+/m0/s1. The third-order valence-electron chi connectivity index (χ3n) is 5.84. The van der Waals surface area contributed by atoms with E-state index in [9.17, 15) is 19.2 Å². The summed E-state index contributed by atoms with van der Waals surface area (Å²) in [6, 6.07) is 11.1. The van der Waals surface area contributed by atoms with Crippen LogP contribution in [0.1, 0.15) is 32.8 Å². The van der Waals surface area contributed by atoms with E-state index in [-0.39, 0.29) is 5.91 Å². The average Bonchev–Trinajstić information content (AvgIpc) is 3.12. The van der Waals surface area contributed by atoms with Crippen molar-refractivity contribution >= 4 is 52.3 Å². The van der Waals surface area contributed by atoms with Gasteiger partial charge in [0.1, 0.15) is 18.4 Å². The molecule has 9 heteroatoms. The molecule has 2 aromatic carbocycles. The van der Waals surface area contributed by atoms with E-state index >= 15 is 0 Å². The molecule has 0 aromatic heterocycles. The molecule has 180 valence electrons. The van der Waals surface area contributed by atoms with Gasteiger partial charge in [-0.25, -0.2) is 0 Å². The summed E-state index contributed by atoms with van der Waals surface area (Å²) in [6.45, 7) is 9.52. The number of rotatable bonds is 9. The minimum Gasteiger partial charge on any atom is -0.481 e. The van der Waals surface area contributed by atoms with Crippen LogP contribution in [-0.4, -0.2) is 62.8 Å². The lowest BCUT2D eigenvalue weighted by molar-refractivity contribution is -0.142. The molecule has 34 heavy (non-hydrogen) atoms. The van der Waals surface area contributed by atoms with Crippen LogP contribution < -0.4 is 10.6 Å². The van der Waals surface area contributed by atoms with Crippen molar-refractivity contribution < 1.29 is 24.3 Å². The predicted octanol–water partition coefficient (Wildman–Crippen LogP) is 2.63. The van der Waals surface area contributed by atoms with Crippen molar-refractivity contribution in [2.75, 3.05) is 5.88 Å². The lowest BCUT2D eigenvalue weighted by atomic mass is 9.99. The average molecular weight is 484 g/mol. The zero-order valence-corrected chi connectivity index (χ0v) is 20.2. The highest BCUT2D eigenvalue weighted by Crippen LogP contribution is 2.39. The van der Waals surface area contributed by atoms with Gasteiger partial charge in [-0.2, -0.15) is 0 Å². The Hall–Kier alpha value is -3.33. The van der Waals surface area contributed by atoms with Crippen LogP contribution in [0.4, 0.5) is 0 Å². The number of carboxylic acids is 1. The van der Waals surface area contributed by atoms with Gasteiger partial charge in [0.15, 0.2) is 0 Å². The number of hydrogen-bond acceptors (Lipinski definition) is 6. The number of nitrogens with one attached hydrogen (secondary N) is 2. The van der Waals surface area contributed by atoms with Crippen LogP contribution in [0.25, 0.3) is 16.5 Å². The van der Waals surface area contributed by atoms with Gasteiger partial charge in [0, 0.05) is 16.0 Å². The minimum absolute atomic E-state index is 0.291. The molecule has 0 unspecified atom stereocenters. The third kappa shape index (κ3) is 5.41. The molecule has 0 bridgehead atoms. The number of fused-ring (bicyclic) bond motifs is 1. The molecular weight excluding hydrogens is 454 g/mol. The number of hydrogen-bond donors (Lipinski definition) is 3. The van der Waals surface area contributed by atoms with Crippen LogP contribution in [0.5, 0.6) is 0 Å². The second-order valence-electron chi connectivity index (χ2n) is 8.81. The Morgan fingerprint density at radius 1 is 1.21 bits per heavy atom. The Balaban J connectivity index is 1.76. The van der Waals surface area contributed by atoms with Crippen LogP contribution in [-0.2, 0) is 19.2 Å². The van der Waals surface area contributed by atoms with E-state index in [1.165, 1.54) is 16.7 Å². The Bertz CT molecular complexity index is 1130. The van der Waals surface area contributed by atoms with Crippen molar-refractivity contribution in [1.29, 1.82) is 0 Å². The van der Waals surface area contributed by atoms with Crippen molar-refractivity contribution in [1.82, 2.24) is 15.5 Å². The van der Waals surface area contributed by atoms with Gasteiger partial charge in [-0.05, 0) is 31.5 Å². The van der Waals surface area contributed by atoms with E-state index in [0.717, 1.165) is 16.3 Å². The molecule has 1 heterocycles. The van der Waals surface area contributed by atoms with Gasteiger partial charge >= 0.3 is 5.97 Å². The van der Waals surface area contributed by atoms with Gasteiger partial charge in [-0.1, -0.05) is 49.0 Å². The van der Waals surface area contributed by atoms with E-state index in [1.54, 1.807) is 6.92 Å². The molecule has 0 radical (unpaired) electrons. The fraction of sp³-hybridized carbons (Fsp3) is 0.360. The summed E-state index contributed by atoms with van der Waals surface area (Å²) in [4.78, 5) is 50.1. The molecule has 0 spiro atoms. The maximum atomic E-state index is 13.4. The predicted molar refractivity (Wildman–Crippen MR) is 133 cm³/mol. The number of thioether (sulfide) groups is 1. The number of benzene rings is 2. The van der Waals surface area contributed by atoms with Gasteiger partial charge in [0.05, 0.1) is 18.3 Å². The fourth-order valence-corrected chi connectivity index (χ4v) is 5.27. The highest BCUT2D eigenvalue weighted by atomic mass is 32.2. The molecule has 3 rings (SSSR count). The molecule has 3 atom stereocenters. The van der Waals surface area contributed by atoms with Crippen molar-refractivity contribution in [3.05, 3.63) is 54.6 Å². The Morgan fingerprint density at radius 3 is 2.56 bits per heavy atom. The van der Waals surface area contributed by atoms with Gasteiger partial charge in [-0.15, -0.1) is 11.8 Å². The van der Waals surface area contributed by atoms with Gasteiger partial charge < -0.3 is 25.4 Å². The Labute approximate surface area is 202 Å². The van der Waals surface area contributed by atoms with E-state index < -0.39 is 41.2 Å². The molecule has 1 fully saturated rings. The molecule has 0 aliphatic carbocycles. The maximum Gasteiger partial charge on any atom is 0.305 e. The van der Waals surface area contributed by atoms with E-state index in [4.69, 9.17) is 5.11 Å². The second-order valence-corrected chi connectivity index (χ2v) is 10.4. The zero-order valence-electron chi connectivity index (χ0n) is 19.4. The normalized spacial score (nSPS) is 18.7. The van der Waals surface area contributed by atoms with Crippen molar-refractivity contribution in [3.8, 4) is 0 Å². The lowest BCUT2D eigenvalue weighted by Gasteiger charge is -2.32. The number of aliphatic carboxylic acids is 1. The molecular formula is C25H29N3O5S. The van der Waals surface area contributed by atoms with Crippen molar-refractivity contribution in [2.45, 2.75) is 50.1 Å². The van der Waals surface area contributed by atoms with E-state index in [2.05, 4.69) is 17.2 Å². The first-order valence-corrected chi connectivity index (χ1v) is 11.9. The first kappa shape index (κ1) is 25.3. The van der Waals surface area contributed by atoms with Crippen LogP contribution in [0, 0.1) is 0 Å². The summed E-state index contributed by atoms with van der Waals surface area (Å²) in [5.74, 6) is -1.75. The maximum absolute atomic E-state index is 13.4. The minimum atomic E-state index is -1.20. The fourth-order valence-electron chi connectivity index (χ4n) is 4.13. The van der Waals surface area contributed by atoms with Crippen LogP contribution in [0.3, 0.4) is 0 Å². The van der Waals surface area contributed by atoms with Gasteiger partial charge in [0.25, 0.3) is 0 Å². The summed E-state index contributed by atoms with van der Waals surface area (Å²) < 4.78 is -0.622. The van der Waals surface area contributed by atoms with E-state index in [1.807, 2.05) is 56.3 Å². The van der Waals surface area contributed by atoms with Gasteiger partial charge in [0.2, 0.25) is 11.8 Å². The number of carbonyl (C=O) groups excluding carboxylic acids is 3. The molecule has 1 aliphatic heterocycles. The smallest absolute Gasteiger partial charge is 0.305 e. The summed E-state index contributed by atoms with van der Waals surface area (Å²) >= 11 is 1.44. The van der Waals surface area contributed by atoms with Crippen LogP contribution >= 0.6 is 11.8 Å². The summed E-state index contributed by atoms with van der Waals surface area (Å²) in [5, 5.41) is 16.7. The Morgan fingerprint density at radius 2 is 1.88 bits per heavy atom. The summed E-state index contributed by atoms with van der Waals surface area (Å²) in [5.41, 5.74) is 1.47. The SMILES string of the molecule is C=C(N[C@@H](C)C(=O)N1CSC(C)(C)[C@H]1C(=O)N[C@H](C=O)CC(=O)O)c1cccc2ccccc12. The molecule has 1 saturated heterocycles. The highest BCUT2D eigenvalue weighted by molar-refractivity contribution is 8.00. The number of aldehydes is 1. The first-order valence-electron chi connectivity index (χ1n) is 10.9. The monoisotopic (exact) mass is 483 g/mol. The topological polar surface area (TPSA) is 116 Å². The van der Waals surface area contributed by atoms with Crippen molar-refractivity contribution in [3.63, 3.8) is 0 Å². The number of amides is 2. The number of nitrogens with zero attached hydrogens (tertiary/aromatic N) is 1. The Kier molecular flexibility index (Phi) is 7.66. The highest BCUT2D eigenvalue weighted by Gasteiger charge is 2.49. The van der Waals surface area contributed by atoms with Crippen LogP contribution in [0.15, 0.2) is 49.0 Å². The molecule has 8 nitrogen and oxygen atoms in total. The quantitative estimate of drug-likeness (QED) is 0.470. The summed E-state index contributed by atoms with van der Waals surface area (Å²) in [6.07, 6.45) is -0.127. The largest absolute Gasteiger partial charge is 0.481 e. The molecule has 2 amide bonds. The van der Waals surface area contributed by atoms with Crippen molar-refractivity contribution in [2.24, 2.45) is 0 Å². The van der Waals surface area contributed by atoms with E-state index in [0.29, 0.717) is 17.9 Å². The third-order valence-corrected chi connectivity index (χ3v) is 7.21. The number of carboxylic acid groups (broad SMARTS) is 1. The summed E-state index contributed by atoms with van der Waals surface area (Å²) in [7, 11) is 0. The molecule has 0 saturated carbocycles. The number of carbonyl (C=O) groups is 4. The zero-order chi connectivity index (χ0) is 25.0. The molecule has 3 N–H and O–H groups in total. The van der Waals surface area contributed by atoms with Gasteiger partial charge in [-0.3, -0.25) is 14.4 Å². The molecule has 1 aliphatic rings. The van der Waals surface area contributed by atoms with Crippen LogP contribution in [0.2, 0.25) is 0 Å². The lowest BCUT2D eigenvalue weighted by Crippen LogP contribution is -2.58. The molecule has 2 aromatic rings. The first-order chi connectivity index (χ1) is 16.0. The second kappa shape index (κ2) is 10.3.